The van der Waals surface area contributed by atoms with Gasteiger partial charge in [0.25, 0.3) is 0 Å². The highest BCUT2D eigenvalue weighted by atomic mass is 16.5. The zero-order valence-electron chi connectivity index (χ0n) is 21.2. The van der Waals surface area contributed by atoms with E-state index in [1.807, 2.05) is 13.8 Å². The third-order valence-electron chi connectivity index (χ3n) is 8.67. The van der Waals surface area contributed by atoms with E-state index in [9.17, 15) is 9.90 Å². The minimum absolute atomic E-state index is 0.000111. The molecule has 5 atom stereocenters. The van der Waals surface area contributed by atoms with E-state index in [0.717, 1.165) is 38.0 Å². The lowest BCUT2D eigenvalue weighted by atomic mass is 9.60. The molecule has 0 heterocycles. The van der Waals surface area contributed by atoms with Crippen LogP contribution < -0.4 is 0 Å². The largest absolute Gasteiger partial charge is 0.462 e. The molecular formula is C29H46O3. The highest BCUT2D eigenvalue weighted by Gasteiger charge is 2.50. The quantitative estimate of drug-likeness (QED) is 0.421. The van der Waals surface area contributed by atoms with Crippen molar-refractivity contribution in [3.05, 3.63) is 35.5 Å². The second-order valence-corrected chi connectivity index (χ2v) is 11.8. The Balaban J connectivity index is 1.68. The monoisotopic (exact) mass is 442 g/mol. The van der Waals surface area contributed by atoms with E-state index in [2.05, 4.69) is 32.6 Å². The van der Waals surface area contributed by atoms with Gasteiger partial charge in [0.2, 0.25) is 0 Å². The Bertz CT molecular complexity index is 753. The maximum absolute atomic E-state index is 11.4. The van der Waals surface area contributed by atoms with Gasteiger partial charge in [0, 0.05) is 13.3 Å². The molecule has 0 aromatic heterocycles. The number of aliphatic hydroxyl groups is 1. The van der Waals surface area contributed by atoms with Crippen LogP contribution in [0, 0.1) is 23.2 Å². The van der Waals surface area contributed by atoms with Gasteiger partial charge in [-0.1, -0.05) is 56.6 Å². The first-order valence-electron chi connectivity index (χ1n) is 13.0. The van der Waals surface area contributed by atoms with Gasteiger partial charge in [0.1, 0.15) is 6.10 Å². The molecule has 0 spiro atoms. The van der Waals surface area contributed by atoms with Gasteiger partial charge in [0.15, 0.2) is 0 Å². The average Bonchev–Trinajstić information content (AvgIpc) is 3.04. The summed E-state index contributed by atoms with van der Waals surface area (Å²) in [6.45, 7) is 14.6. The van der Waals surface area contributed by atoms with Crippen LogP contribution in [0.4, 0.5) is 0 Å². The van der Waals surface area contributed by atoms with Gasteiger partial charge in [-0.2, -0.15) is 0 Å². The van der Waals surface area contributed by atoms with Crippen LogP contribution in [0.3, 0.4) is 0 Å². The van der Waals surface area contributed by atoms with E-state index in [1.165, 1.54) is 56.6 Å². The zero-order valence-corrected chi connectivity index (χ0v) is 21.2. The maximum Gasteiger partial charge on any atom is 0.302 e. The molecule has 0 radical (unpaired) electrons. The van der Waals surface area contributed by atoms with Crippen molar-refractivity contribution in [3.8, 4) is 0 Å². The summed E-state index contributed by atoms with van der Waals surface area (Å²) in [5.74, 6) is 2.00. The Morgan fingerprint density at radius 3 is 2.72 bits per heavy atom. The van der Waals surface area contributed by atoms with Gasteiger partial charge >= 0.3 is 5.97 Å². The molecule has 1 N–H and O–H groups in total. The lowest BCUT2D eigenvalue weighted by Crippen LogP contribution is -2.36. The SMILES string of the molecule is C=C1CC[C@H](OC(C)=O)C/C1=C/C=C1CCC[C@]2(C)[C@@H]([C@H](C)CCCC(C)(C)O)CC[C@@H]12. The van der Waals surface area contributed by atoms with Crippen molar-refractivity contribution in [3.63, 3.8) is 0 Å². The topological polar surface area (TPSA) is 46.5 Å². The van der Waals surface area contributed by atoms with Crippen LogP contribution >= 0.6 is 0 Å². The van der Waals surface area contributed by atoms with Crippen LogP contribution in [0.2, 0.25) is 0 Å². The van der Waals surface area contributed by atoms with Crippen molar-refractivity contribution in [1.29, 1.82) is 0 Å². The Morgan fingerprint density at radius 1 is 1.28 bits per heavy atom. The minimum atomic E-state index is -0.548. The molecule has 3 heteroatoms. The van der Waals surface area contributed by atoms with Gasteiger partial charge in [0.05, 0.1) is 5.60 Å². The summed E-state index contributed by atoms with van der Waals surface area (Å²) in [7, 11) is 0. The molecule has 32 heavy (non-hydrogen) atoms. The fourth-order valence-corrected chi connectivity index (χ4v) is 6.99. The minimum Gasteiger partial charge on any atom is -0.462 e. The fraction of sp³-hybridized carbons (Fsp3) is 0.759. The number of hydrogen-bond acceptors (Lipinski definition) is 3. The number of ether oxygens (including phenoxy) is 1. The highest BCUT2D eigenvalue weighted by Crippen LogP contribution is 2.60. The molecule has 0 aliphatic heterocycles. The third-order valence-corrected chi connectivity index (χ3v) is 8.67. The molecule has 3 rings (SSSR count). The predicted molar refractivity (Wildman–Crippen MR) is 132 cm³/mol. The van der Waals surface area contributed by atoms with Crippen molar-refractivity contribution in [2.45, 2.75) is 117 Å². The summed E-state index contributed by atoms with van der Waals surface area (Å²) in [4.78, 5) is 11.4. The second-order valence-electron chi connectivity index (χ2n) is 11.8. The molecular weight excluding hydrogens is 396 g/mol. The van der Waals surface area contributed by atoms with E-state index < -0.39 is 5.60 Å². The molecule has 3 aliphatic carbocycles. The van der Waals surface area contributed by atoms with Gasteiger partial charge in [-0.3, -0.25) is 4.79 Å². The summed E-state index contributed by atoms with van der Waals surface area (Å²) < 4.78 is 5.48. The Labute approximate surface area is 196 Å². The van der Waals surface area contributed by atoms with Crippen molar-refractivity contribution < 1.29 is 14.6 Å². The van der Waals surface area contributed by atoms with Crippen molar-refractivity contribution in [2.24, 2.45) is 23.2 Å². The first-order valence-corrected chi connectivity index (χ1v) is 13.0. The van der Waals surface area contributed by atoms with Gasteiger partial charge < -0.3 is 9.84 Å². The average molecular weight is 443 g/mol. The Hall–Kier alpha value is -1.35. The number of esters is 1. The normalized spacial score (nSPS) is 34.6. The molecule has 3 aliphatic rings. The van der Waals surface area contributed by atoms with E-state index in [1.54, 1.807) is 5.57 Å². The van der Waals surface area contributed by atoms with Crippen LogP contribution in [0.1, 0.15) is 105 Å². The summed E-state index contributed by atoms with van der Waals surface area (Å²) in [5.41, 5.74) is 3.94. The molecule has 0 aromatic rings. The van der Waals surface area contributed by atoms with Gasteiger partial charge in [-0.15, -0.1) is 0 Å². The van der Waals surface area contributed by atoms with E-state index >= 15 is 0 Å². The first kappa shape index (κ1) is 25.3. The lowest BCUT2D eigenvalue weighted by molar-refractivity contribution is -0.146. The summed E-state index contributed by atoms with van der Waals surface area (Å²) >= 11 is 0. The van der Waals surface area contributed by atoms with Gasteiger partial charge in [-0.25, -0.2) is 0 Å². The van der Waals surface area contributed by atoms with Crippen LogP contribution in [0.25, 0.3) is 0 Å². The lowest BCUT2D eigenvalue weighted by Gasteiger charge is -2.44. The molecule has 0 aromatic carbocycles. The van der Waals surface area contributed by atoms with Crippen molar-refractivity contribution in [1.82, 2.24) is 0 Å². The third kappa shape index (κ3) is 6.16. The Morgan fingerprint density at radius 2 is 2.03 bits per heavy atom. The summed E-state index contributed by atoms with van der Waals surface area (Å²) in [5, 5.41) is 10.1. The number of carbonyl (C=O) groups excluding carboxylic acids is 1. The first-order chi connectivity index (χ1) is 15.0. The molecule has 3 saturated carbocycles. The standard InChI is InChI=1S/C29H46O3/c1-20-11-14-25(32-22(3)30)19-24(20)13-12-23-10-8-18-29(6)26(15-16-27(23)29)21(2)9-7-17-28(4,5)31/h12-13,21,25-27,31H,1,7-11,14-19H2,2-6H3/b23-12?,24-13-/t21-,25+,26-,27+,29-/m1/s1. The molecule has 3 nitrogen and oxygen atoms in total. The molecule has 180 valence electrons. The van der Waals surface area contributed by atoms with Crippen LogP contribution in [-0.4, -0.2) is 22.8 Å². The predicted octanol–water partition coefficient (Wildman–Crippen LogP) is 7.30. The highest BCUT2D eigenvalue weighted by molar-refractivity contribution is 5.66. The number of carbonyl (C=O) groups is 1. The second kappa shape index (κ2) is 10.3. The molecule has 0 bridgehead atoms. The molecule has 0 amide bonds. The number of allylic oxidation sites excluding steroid dienone is 4. The summed E-state index contributed by atoms with van der Waals surface area (Å²) in [6.07, 6.45) is 17.0. The molecule has 0 saturated heterocycles. The van der Waals surface area contributed by atoms with E-state index in [-0.39, 0.29) is 12.1 Å². The van der Waals surface area contributed by atoms with Crippen molar-refractivity contribution in [2.75, 3.05) is 0 Å². The molecule has 0 unspecified atom stereocenters. The van der Waals surface area contributed by atoms with E-state index in [0.29, 0.717) is 17.3 Å². The summed E-state index contributed by atoms with van der Waals surface area (Å²) in [6, 6.07) is 0. The number of fused-ring (bicyclic) bond motifs is 1. The maximum atomic E-state index is 11.4. The zero-order chi connectivity index (χ0) is 23.5. The number of hydrogen-bond donors (Lipinski definition) is 1. The smallest absolute Gasteiger partial charge is 0.302 e. The van der Waals surface area contributed by atoms with E-state index in [4.69, 9.17) is 4.74 Å². The van der Waals surface area contributed by atoms with Crippen LogP contribution in [0.15, 0.2) is 35.5 Å². The molecule has 3 fully saturated rings. The van der Waals surface area contributed by atoms with Gasteiger partial charge in [-0.05, 0) is 94.0 Å². The number of rotatable bonds is 7. The fourth-order valence-electron chi connectivity index (χ4n) is 6.99. The van der Waals surface area contributed by atoms with Crippen LogP contribution in [-0.2, 0) is 9.53 Å². The van der Waals surface area contributed by atoms with Crippen LogP contribution in [0.5, 0.6) is 0 Å². The van der Waals surface area contributed by atoms with Crippen molar-refractivity contribution >= 4 is 5.97 Å². The Kier molecular flexibility index (Phi) is 8.12.